The summed E-state index contributed by atoms with van der Waals surface area (Å²) in [7, 11) is 1.93. The minimum atomic E-state index is 0.101. The molecule has 92 valence electrons. The van der Waals surface area contributed by atoms with Crippen LogP contribution in [0, 0.1) is 0 Å². The molecule has 1 N–H and O–H groups in total. The van der Waals surface area contributed by atoms with Gasteiger partial charge in [0.2, 0.25) is 0 Å². The van der Waals surface area contributed by atoms with Crippen LogP contribution >= 0.6 is 22.9 Å². The number of hydrogen-bond acceptors (Lipinski definition) is 3. The molecule has 0 saturated heterocycles. The first kappa shape index (κ1) is 12.6. The number of thiophene rings is 1. The van der Waals surface area contributed by atoms with Gasteiger partial charge in [-0.3, -0.25) is 4.68 Å². The molecule has 2 rings (SSSR count). The van der Waals surface area contributed by atoms with E-state index >= 15 is 0 Å². The summed E-state index contributed by atoms with van der Waals surface area (Å²) in [5, 5.41) is 10.8. The first-order valence-corrected chi connectivity index (χ1v) is 6.94. The van der Waals surface area contributed by atoms with Crippen LogP contribution < -0.4 is 5.32 Å². The van der Waals surface area contributed by atoms with Gasteiger partial charge in [-0.15, -0.1) is 11.3 Å². The zero-order valence-electron chi connectivity index (χ0n) is 9.98. The number of nitrogens with one attached hydrogen (secondary N) is 1. The van der Waals surface area contributed by atoms with Crippen molar-refractivity contribution < 1.29 is 0 Å². The second-order valence-corrected chi connectivity index (χ2v) is 5.29. The summed E-state index contributed by atoms with van der Waals surface area (Å²) < 4.78 is 1.82. The summed E-state index contributed by atoms with van der Waals surface area (Å²) in [5.41, 5.74) is 1.02. The summed E-state index contributed by atoms with van der Waals surface area (Å²) in [6.45, 7) is 3.11. The third-order valence-electron chi connectivity index (χ3n) is 2.54. The van der Waals surface area contributed by atoms with Crippen LogP contribution in [0.15, 0.2) is 23.7 Å². The molecule has 0 aromatic carbocycles. The molecule has 0 amide bonds. The Hall–Kier alpha value is -0.840. The second-order valence-electron chi connectivity index (χ2n) is 3.93. The SMILES string of the molecule is CCCNC(c1ccn(C)n1)c1sccc1Cl. The number of rotatable bonds is 5. The van der Waals surface area contributed by atoms with Gasteiger partial charge < -0.3 is 5.32 Å². The van der Waals surface area contributed by atoms with Gasteiger partial charge in [0.05, 0.1) is 16.8 Å². The molecule has 3 nitrogen and oxygen atoms in total. The van der Waals surface area contributed by atoms with Crippen LogP contribution in [-0.2, 0) is 7.05 Å². The van der Waals surface area contributed by atoms with E-state index in [1.807, 2.05) is 35.4 Å². The smallest absolute Gasteiger partial charge is 0.0878 e. The van der Waals surface area contributed by atoms with Crippen molar-refractivity contribution in [2.24, 2.45) is 7.05 Å². The van der Waals surface area contributed by atoms with E-state index in [0.717, 1.165) is 28.6 Å². The highest BCUT2D eigenvalue weighted by molar-refractivity contribution is 7.10. The van der Waals surface area contributed by atoms with E-state index in [-0.39, 0.29) is 6.04 Å². The van der Waals surface area contributed by atoms with E-state index in [2.05, 4.69) is 17.3 Å². The van der Waals surface area contributed by atoms with E-state index in [9.17, 15) is 0 Å². The highest BCUT2D eigenvalue weighted by Gasteiger charge is 2.19. The lowest BCUT2D eigenvalue weighted by Gasteiger charge is -2.15. The Morgan fingerprint density at radius 1 is 1.53 bits per heavy atom. The molecule has 1 atom stereocenters. The average Bonchev–Trinajstić information content (AvgIpc) is 2.90. The van der Waals surface area contributed by atoms with Gasteiger partial charge in [0, 0.05) is 18.1 Å². The minimum Gasteiger partial charge on any atom is -0.304 e. The number of halogens is 1. The van der Waals surface area contributed by atoms with Crippen molar-refractivity contribution in [2.45, 2.75) is 19.4 Å². The maximum atomic E-state index is 6.21. The molecule has 2 aromatic rings. The fourth-order valence-corrected chi connectivity index (χ4v) is 2.97. The van der Waals surface area contributed by atoms with Gasteiger partial charge >= 0.3 is 0 Å². The Balaban J connectivity index is 2.28. The van der Waals surface area contributed by atoms with Crippen molar-refractivity contribution in [3.63, 3.8) is 0 Å². The molecule has 0 aliphatic heterocycles. The number of aromatic nitrogens is 2. The zero-order valence-corrected chi connectivity index (χ0v) is 11.6. The molecule has 17 heavy (non-hydrogen) atoms. The van der Waals surface area contributed by atoms with Crippen LogP contribution in [0.25, 0.3) is 0 Å². The van der Waals surface area contributed by atoms with Crippen LogP contribution in [0.5, 0.6) is 0 Å². The zero-order chi connectivity index (χ0) is 12.3. The van der Waals surface area contributed by atoms with Crippen LogP contribution in [0.3, 0.4) is 0 Å². The lowest BCUT2D eigenvalue weighted by molar-refractivity contribution is 0.582. The maximum absolute atomic E-state index is 6.21. The predicted molar refractivity (Wildman–Crippen MR) is 72.7 cm³/mol. The summed E-state index contributed by atoms with van der Waals surface area (Å²) in [6.07, 6.45) is 3.05. The normalized spacial score (nSPS) is 12.9. The van der Waals surface area contributed by atoms with E-state index in [0.29, 0.717) is 0 Å². The highest BCUT2D eigenvalue weighted by atomic mass is 35.5. The molecule has 5 heteroatoms. The van der Waals surface area contributed by atoms with E-state index in [1.165, 1.54) is 0 Å². The summed E-state index contributed by atoms with van der Waals surface area (Å²) in [6, 6.07) is 4.07. The van der Waals surface area contributed by atoms with Crippen molar-refractivity contribution in [1.29, 1.82) is 0 Å². The van der Waals surface area contributed by atoms with Crippen molar-refractivity contribution in [3.05, 3.63) is 39.3 Å². The first-order chi connectivity index (χ1) is 8.22. The van der Waals surface area contributed by atoms with Crippen LogP contribution in [-0.4, -0.2) is 16.3 Å². The van der Waals surface area contributed by atoms with Crippen LogP contribution in [0.4, 0.5) is 0 Å². The van der Waals surface area contributed by atoms with Crippen LogP contribution in [0.2, 0.25) is 5.02 Å². The van der Waals surface area contributed by atoms with Crippen molar-refractivity contribution in [3.8, 4) is 0 Å². The van der Waals surface area contributed by atoms with Gasteiger partial charge in [0.25, 0.3) is 0 Å². The van der Waals surface area contributed by atoms with E-state index in [4.69, 9.17) is 11.6 Å². The monoisotopic (exact) mass is 269 g/mol. The molecule has 1 unspecified atom stereocenters. The molecule has 0 saturated carbocycles. The van der Waals surface area contributed by atoms with Gasteiger partial charge in [-0.2, -0.15) is 5.10 Å². The molecule has 0 fully saturated rings. The van der Waals surface area contributed by atoms with Gasteiger partial charge in [-0.05, 0) is 30.5 Å². The van der Waals surface area contributed by atoms with Crippen molar-refractivity contribution >= 4 is 22.9 Å². The third kappa shape index (κ3) is 2.89. The molecule has 0 aliphatic carbocycles. The van der Waals surface area contributed by atoms with Gasteiger partial charge in [-0.25, -0.2) is 0 Å². The summed E-state index contributed by atoms with van der Waals surface area (Å²) in [4.78, 5) is 1.14. The molecule has 0 bridgehead atoms. The fourth-order valence-electron chi connectivity index (χ4n) is 1.72. The standard InChI is InChI=1S/C12H16ClN3S/c1-3-6-14-11(10-4-7-16(2)15-10)12-9(13)5-8-17-12/h4-5,7-8,11,14H,3,6H2,1-2H3. The quantitative estimate of drug-likeness (QED) is 0.903. The lowest BCUT2D eigenvalue weighted by Crippen LogP contribution is -2.23. The summed E-state index contributed by atoms with van der Waals surface area (Å²) >= 11 is 7.87. The Bertz CT molecular complexity index is 478. The molecule has 0 spiro atoms. The number of aryl methyl sites for hydroxylation is 1. The number of hydrogen-bond donors (Lipinski definition) is 1. The van der Waals surface area contributed by atoms with Crippen LogP contribution in [0.1, 0.15) is 30.0 Å². The topological polar surface area (TPSA) is 29.9 Å². The van der Waals surface area contributed by atoms with Crippen molar-refractivity contribution in [1.82, 2.24) is 15.1 Å². The van der Waals surface area contributed by atoms with Gasteiger partial charge in [0.1, 0.15) is 0 Å². The number of nitrogens with zero attached hydrogens (tertiary/aromatic N) is 2. The molecule has 0 aliphatic rings. The Morgan fingerprint density at radius 2 is 2.35 bits per heavy atom. The van der Waals surface area contributed by atoms with Crippen molar-refractivity contribution in [2.75, 3.05) is 6.54 Å². The second kappa shape index (κ2) is 5.67. The maximum Gasteiger partial charge on any atom is 0.0878 e. The molecule has 2 heterocycles. The largest absolute Gasteiger partial charge is 0.304 e. The fraction of sp³-hybridized carbons (Fsp3) is 0.417. The van der Waals surface area contributed by atoms with Gasteiger partial charge in [0.15, 0.2) is 0 Å². The lowest BCUT2D eigenvalue weighted by atomic mass is 10.1. The van der Waals surface area contributed by atoms with Gasteiger partial charge in [-0.1, -0.05) is 18.5 Å². The molecule has 0 radical (unpaired) electrons. The Kier molecular flexibility index (Phi) is 4.20. The highest BCUT2D eigenvalue weighted by Crippen LogP contribution is 2.32. The predicted octanol–water partition coefficient (Wildman–Crippen LogP) is 3.22. The Labute approximate surface area is 110 Å². The molecular formula is C12H16ClN3S. The summed E-state index contributed by atoms with van der Waals surface area (Å²) in [5.74, 6) is 0. The molecular weight excluding hydrogens is 254 g/mol. The molecule has 2 aromatic heterocycles. The van der Waals surface area contributed by atoms with E-state index in [1.54, 1.807) is 11.3 Å². The van der Waals surface area contributed by atoms with E-state index < -0.39 is 0 Å². The Morgan fingerprint density at radius 3 is 2.88 bits per heavy atom. The average molecular weight is 270 g/mol. The minimum absolute atomic E-state index is 0.101. The first-order valence-electron chi connectivity index (χ1n) is 5.68. The third-order valence-corrected chi connectivity index (χ3v) is 3.96.